The smallest absolute Gasteiger partial charge is 0.131 e. The van der Waals surface area contributed by atoms with Crippen LogP contribution < -0.4 is 9.47 Å². The molecule has 0 aliphatic heterocycles. The molecular formula is C24H32O3. The second kappa shape index (κ2) is 8.86. The molecule has 0 radical (unpaired) electrons. The Labute approximate surface area is 162 Å². The zero-order valence-corrected chi connectivity index (χ0v) is 16.3. The van der Waals surface area contributed by atoms with E-state index in [1.807, 2.05) is 24.3 Å². The van der Waals surface area contributed by atoms with E-state index in [1.54, 1.807) is 6.07 Å². The fourth-order valence-corrected chi connectivity index (χ4v) is 4.61. The van der Waals surface area contributed by atoms with E-state index >= 15 is 0 Å². The zero-order chi connectivity index (χ0) is 18.5. The number of benzene rings is 2. The Kier molecular flexibility index (Phi) is 6.06. The molecular weight excluding hydrogens is 336 g/mol. The van der Waals surface area contributed by atoms with Gasteiger partial charge in [-0.15, -0.1) is 0 Å². The summed E-state index contributed by atoms with van der Waals surface area (Å²) in [7, 11) is 0. The maximum atomic E-state index is 10.6. The molecule has 2 aromatic rings. The van der Waals surface area contributed by atoms with E-state index in [1.165, 1.54) is 51.4 Å². The molecule has 146 valence electrons. The lowest BCUT2D eigenvalue weighted by Gasteiger charge is -2.21. The van der Waals surface area contributed by atoms with Crippen molar-refractivity contribution in [1.82, 2.24) is 0 Å². The van der Waals surface area contributed by atoms with Crippen LogP contribution >= 0.6 is 0 Å². The summed E-state index contributed by atoms with van der Waals surface area (Å²) in [6.07, 6.45) is 15.2. The van der Waals surface area contributed by atoms with Crippen LogP contribution in [0.1, 0.15) is 77.0 Å². The Morgan fingerprint density at radius 2 is 1.19 bits per heavy atom. The van der Waals surface area contributed by atoms with Gasteiger partial charge in [0.05, 0.1) is 17.6 Å². The molecule has 0 unspecified atom stereocenters. The van der Waals surface area contributed by atoms with Crippen molar-refractivity contribution in [2.45, 2.75) is 89.3 Å². The minimum Gasteiger partial charge on any atom is -0.507 e. The average molecular weight is 369 g/mol. The number of aromatic hydroxyl groups is 1. The average Bonchev–Trinajstić information content (AvgIpc) is 3.09. The lowest BCUT2D eigenvalue weighted by Crippen LogP contribution is -2.16. The predicted octanol–water partition coefficient (Wildman–Crippen LogP) is 6.75. The third-order valence-electron chi connectivity index (χ3n) is 6.13. The summed E-state index contributed by atoms with van der Waals surface area (Å²) >= 11 is 0. The fourth-order valence-electron chi connectivity index (χ4n) is 4.61. The topological polar surface area (TPSA) is 38.7 Å². The molecule has 0 spiro atoms. The van der Waals surface area contributed by atoms with Gasteiger partial charge in [0.25, 0.3) is 0 Å². The van der Waals surface area contributed by atoms with E-state index in [0.29, 0.717) is 0 Å². The molecule has 0 atom stereocenters. The summed E-state index contributed by atoms with van der Waals surface area (Å²) in [5.74, 6) is 1.95. The molecule has 2 aliphatic rings. The molecule has 0 bridgehead atoms. The Bertz CT molecular complexity index is 739. The minimum atomic E-state index is 0.254. The van der Waals surface area contributed by atoms with Crippen molar-refractivity contribution < 1.29 is 14.6 Å². The van der Waals surface area contributed by atoms with Gasteiger partial charge in [-0.05, 0) is 69.6 Å². The maximum absolute atomic E-state index is 10.6. The highest BCUT2D eigenvalue weighted by atomic mass is 16.5. The SMILES string of the molecule is Oc1ccc(OC2CCCCCC2)c2cccc(OC3CCCCCC3)c12. The van der Waals surface area contributed by atoms with Gasteiger partial charge < -0.3 is 14.6 Å². The van der Waals surface area contributed by atoms with Crippen LogP contribution in [0.25, 0.3) is 10.8 Å². The largest absolute Gasteiger partial charge is 0.507 e. The van der Waals surface area contributed by atoms with Gasteiger partial charge in [-0.1, -0.05) is 37.8 Å². The van der Waals surface area contributed by atoms with Crippen molar-refractivity contribution in [1.29, 1.82) is 0 Å². The third kappa shape index (κ3) is 4.51. The van der Waals surface area contributed by atoms with E-state index in [0.717, 1.165) is 48.0 Å². The van der Waals surface area contributed by atoms with Crippen LogP contribution in [0.2, 0.25) is 0 Å². The number of phenolic OH excluding ortho intramolecular Hbond substituents is 1. The molecule has 3 heteroatoms. The van der Waals surface area contributed by atoms with Crippen molar-refractivity contribution in [2.24, 2.45) is 0 Å². The zero-order valence-electron chi connectivity index (χ0n) is 16.3. The fraction of sp³-hybridized carbons (Fsp3) is 0.583. The first kappa shape index (κ1) is 18.5. The van der Waals surface area contributed by atoms with Gasteiger partial charge >= 0.3 is 0 Å². The van der Waals surface area contributed by atoms with E-state index in [2.05, 4.69) is 0 Å². The lowest BCUT2D eigenvalue weighted by molar-refractivity contribution is 0.183. The van der Waals surface area contributed by atoms with Gasteiger partial charge in [-0.2, -0.15) is 0 Å². The highest BCUT2D eigenvalue weighted by molar-refractivity contribution is 5.97. The number of phenols is 1. The van der Waals surface area contributed by atoms with Crippen molar-refractivity contribution in [3.63, 3.8) is 0 Å². The van der Waals surface area contributed by atoms with Crippen LogP contribution in [0.15, 0.2) is 30.3 Å². The number of hydrogen-bond donors (Lipinski definition) is 1. The molecule has 3 nitrogen and oxygen atoms in total. The normalized spacial score (nSPS) is 20.1. The molecule has 0 aromatic heterocycles. The van der Waals surface area contributed by atoms with Gasteiger partial charge in [0.15, 0.2) is 0 Å². The second-order valence-corrected chi connectivity index (χ2v) is 8.22. The van der Waals surface area contributed by atoms with E-state index in [-0.39, 0.29) is 18.0 Å². The number of ether oxygens (including phenoxy) is 2. The first-order valence-electron chi connectivity index (χ1n) is 10.9. The first-order chi connectivity index (χ1) is 13.3. The highest BCUT2D eigenvalue weighted by Gasteiger charge is 2.19. The lowest BCUT2D eigenvalue weighted by atomic mass is 10.1. The van der Waals surface area contributed by atoms with Crippen molar-refractivity contribution in [2.75, 3.05) is 0 Å². The molecule has 4 rings (SSSR count). The summed E-state index contributed by atoms with van der Waals surface area (Å²) < 4.78 is 12.8. The van der Waals surface area contributed by atoms with Gasteiger partial charge in [0, 0.05) is 5.39 Å². The Morgan fingerprint density at radius 1 is 0.630 bits per heavy atom. The van der Waals surface area contributed by atoms with Crippen molar-refractivity contribution in [3.05, 3.63) is 30.3 Å². The summed E-state index contributed by atoms with van der Waals surface area (Å²) in [5.41, 5.74) is 0. The molecule has 2 aliphatic carbocycles. The van der Waals surface area contributed by atoms with Crippen LogP contribution in [0.5, 0.6) is 17.2 Å². The first-order valence-corrected chi connectivity index (χ1v) is 10.9. The molecule has 27 heavy (non-hydrogen) atoms. The van der Waals surface area contributed by atoms with Gasteiger partial charge in [-0.3, -0.25) is 0 Å². The maximum Gasteiger partial charge on any atom is 0.131 e. The van der Waals surface area contributed by atoms with Gasteiger partial charge in [0.2, 0.25) is 0 Å². The molecule has 0 amide bonds. The van der Waals surface area contributed by atoms with Crippen molar-refractivity contribution >= 4 is 10.8 Å². The molecule has 2 fully saturated rings. The minimum absolute atomic E-state index is 0.254. The van der Waals surface area contributed by atoms with Crippen LogP contribution in [-0.2, 0) is 0 Å². The molecule has 0 saturated heterocycles. The molecule has 1 N–H and O–H groups in total. The number of fused-ring (bicyclic) bond motifs is 1. The van der Waals surface area contributed by atoms with E-state index in [9.17, 15) is 5.11 Å². The van der Waals surface area contributed by atoms with Crippen molar-refractivity contribution in [3.8, 4) is 17.2 Å². The monoisotopic (exact) mass is 368 g/mol. The molecule has 2 saturated carbocycles. The molecule has 2 aromatic carbocycles. The Hall–Kier alpha value is -1.90. The molecule has 0 heterocycles. The Balaban J connectivity index is 1.61. The van der Waals surface area contributed by atoms with Crippen LogP contribution in [0, 0.1) is 0 Å². The van der Waals surface area contributed by atoms with Crippen LogP contribution in [0.4, 0.5) is 0 Å². The summed E-state index contributed by atoms with van der Waals surface area (Å²) in [6, 6.07) is 9.73. The number of rotatable bonds is 4. The summed E-state index contributed by atoms with van der Waals surface area (Å²) in [6.45, 7) is 0. The Morgan fingerprint density at radius 3 is 1.78 bits per heavy atom. The van der Waals surface area contributed by atoms with Crippen LogP contribution in [0.3, 0.4) is 0 Å². The quantitative estimate of drug-likeness (QED) is 0.607. The van der Waals surface area contributed by atoms with Crippen LogP contribution in [-0.4, -0.2) is 17.3 Å². The highest BCUT2D eigenvalue weighted by Crippen LogP contribution is 2.40. The van der Waals surface area contributed by atoms with E-state index < -0.39 is 0 Å². The third-order valence-corrected chi connectivity index (χ3v) is 6.13. The second-order valence-electron chi connectivity index (χ2n) is 8.22. The van der Waals surface area contributed by atoms with Gasteiger partial charge in [-0.25, -0.2) is 0 Å². The summed E-state index contributed by atoms with van der Waals surface area (Å²) in [4.78, 5) is 0. The summed E-state index contributed by atoms with van der Waals surface area (Å²) in [5, 5.41) is 12.3. The predicted molar refractivity (Wildman–Crippen MR) is 110 cm³/mol. The number of hydrogen-bond acceptors (Lipinski definition) is 3. The van der Waals surface area contributed by atoms with Gasteiger partial charge in [0.1, 0.15) is 17.2 Å². The van der Waals surface area contributed by atoms with E-state index in [4.69, 9.17) is 9.47 Å². The standard InChI is InChI=1S/C24H32O3/c25-21-16-17-22(26-18-10-5-1-2-6-11-18)20-14-9-15-23(24(20)21)27-19-12-7-3-4-8-13-19/h9,14-19,25H,1-8,10-13H2.